The Morgan fingerprint density at radius 3 is 2.90 bits per heavy atom. The normalized spacial score (nSPS) is 10.2. The standard InChI is InChI=1S/C11H9ClN4O4/c12-9-5-7(16(18)19)1-2-8(9)11(17)13-4-3-10-14-6-15-20-10/h1-2,5-6H,3-4H2,(H,13,17). The van der Waals surface area contributed by atoms with Crippen LogP contribution in [0.5, 0.6) is 0 Å². The number of nitrogens with zero attached hydrogens (tertiary/aromatic N) is 3. The van der Waals surface area contributed by atoms with Gasteiger partial charge in [0.15, 0.2) is 6.33 Å². The fourth-order valence-electron chi connectivity index (χ4n) is 1.49. The van der Waals surface area contributed by atoms with Crippen molar-refractivity contribution in [1.82, 2.24) is 15.5 Å². The van der Waals surface area contributed by atoms with Crippen molar-refractivity contribution in [3.63, 3.8) is 0 Å². The van der Waals surface area contributed by atoms with Crippen LogP contribution in [-0.2, 0) is 6.42 Å². The predicted octanol–water partition coefficient (Wildman–Crippen LogP) is 1.60. The van der Waals surface area contributed by atoms with Gasteiger partial charge >= 0.3 is 0 Å². The quantitative estimate of drug-likeness (QED) is 0.662. The first-order chi connectivity index (χ1) is 9.58. The first-order valence-electron chi connectivity index (χ1n) is 5.55. The average molecular weight is 297 g/mol. The second-order valence-electron chi connectivity index (χ2n) is 3.76. The molecule has 2 aromatic rings. The highest BCUT2D eigenvalue weighted by Gasteiger charge is 2.14. The van der Waals surface area contributed by atoms with Gasteiger partial charge in [0.25, 0.3) is 11.6 Å². The molecule has 2 rings (SSSR count). The predicted molar refractivity (Wildman–Crippen MR) is 68.4 cm³/mol. The average Bonchev–Trinajstić information content (AvgIpc) is 2.91. The molecular formula is C11H9ClN4O4. The van der Waals surface area contributed by atoms with Crippen LogP contribution < -0.4 is 5.32 Å². The molecule has 0 aliphatic carbocycles. The Kier molecular flexibility index (Phi) is 4.26. The fraction of sp³-hybridized carbons (Fsp3) is 0.182. The Labute approximate surface area is 117 Å². The number of nitro groups is 1. The van der Waals surface area contributed by atoms with Crippen molar-refractivity contribution in [3.8, 4) is 0 Å². The molecule has 1 aromatic heterocycles. The molecule has 1 heterocycles. The Morgan fingerprint density at radius 2 is 2.30 bits per heavy atom. The molecule has 8 nitrogen and oxygen atoms in total. The number of rotatable bonds is 5. The zero-order chi connectivity index (χ0) is 14.5. The first kappa shape index (κ1) is 13.9. The van der Waals surface area contributed by atoms with E-state index in [1.807, 2.05) is 0 Å². The summed E-state index contributed by atoms with van der Waals surface area (Å²) in [6.45, 7) is 0.286. The van der Waals surface area contributed by atoms with Crippen molar-refractivity contribution in [1.29, 1.82) is 0 Å². The molecule has 0 aliphatic heterocycles. The van der Waals surface area contributed by atoms with Gasteiger partial charge in [-0.15, -0.1) is 0 Å². The van der Waals surface area contributed by atoms with E-state index in [2.05, 4.69) is 15.5 Å². The van der Waals surface area contributed by atoms with Crippen LogP contribution in [0.1, 0.15) is 16.2 Å². The number of hydrogen-bond donors (Lipinski definition) is 1. The summed E-state index contributed by atoms with van der Waals surface area (Å²) in [5, 5.41) is 16.6. The molecule has 1 N–H and O–H groups in total. The Bertz CT molecular complexity index is 629. The lowest BCUT2D eigenvalue weighted by Gasteiger charge is -2.05. The zero-order valence-electron chi connectivity index (χ0n) is 10.1. The Hall–Kier alpha value is -2.48. The van der Waals surface area contributed by atoms with Gasteiger partial charge in [-0.25, -0.2) is 0 Å². The van der Waals surface area contributed by atoms with Crippen molar-refractivity contribution in [3.05, 3.63) is 51.1 Å². The van der Waals surface area contributed by atoms with Gasteiger partial charge in [0.1, 0.15) is 0 Å². The number of hydrogen-bond acceptors (Lipinski definition) is 6. The maximum absolute atomic E-state index is 11.8. The molecule has 0 radical (unpaired) electrons. The van der Waals surface area contributed by atoms with Crippen molar-refractivity contribution in [2.24, 2.45) is 0 Å². The van der Waals surface area contributed by atoms with Crippen LogP contribution in [-0.4, -0.2) is 27.5 Å². The van der Waals surface area contributed by atoms with E-state index in [4.69, 9.17) is 16.1 Å². The van der Waals surface area contributed by atoms with Crippen LogP contribution in [0.2, 0.25) is 5.02 Å². The van der Waals surface area contributed by atoms with E-state index in [-0.39, 0.29) is 22.8 Å². The van der Waals surface area contributed by atoms with Crippen LogP contribution in [0, 0.1) is 10.1 Å². The summed E-state index contributed by atoms with van der Waals surface area (Å²) in [5.41, 5.74) is 0.000190. The molecule has 0 bridgehead atoms. The summed E-state index contributed by atoms with van der Waals surface area (Å²) in [5.74, 6) is -0.0236. The molecule has 0 unspecified atom stereocenters. The number of amides is 1. The van der Waals surface area contributed by atoms with Gasteiger partial charge in [-0.05, 0) is 6.07 Å². The lowest BCUT2D eigenvalue weighted by atomic mass is 10.2. The van der Waals surface area contributed by atoms with Gasteiger partial charge in [-0.1, -0.05) is 16.8 Å². The molecule has 1 amide bonds. The minimum atomic E-state index is -0.580. The summed E-state index contributed by atoms with van der Waals surface area (Å²) >= 11 is 5.84. The van der Waals surface area contributed by atoms with Gasteiger partial charge in [-0.2, -0.15) is 4.98 Å². The molecule has 20 heavy (non-hydrogen) atoms. The summed E-state index contributed by atoms with van der Waals surface area (Å²) in [6, 6.07) is 3.66. The van der Waals surface area contributed by atoms with Gasteiger partial charge in [0.05, 0.1) is 15.5 Å². The monoisotopic (exact) mass is 296 g/mol. The van der Waals surface area contributed by atoms with Crippen LogP contribution in [0.25, 0.3) is 0 Å². The molecule has 0 saturated carbocycles. The molecule has 0 saturated heterocycles. The fourth-order valence-corrected chi connectivity index (χ4v) is 1.75. The highest BCUT2D eigenvalue weighted by molar-refractivity contribution is 6.34. The number of carbonyl (C=O) groups is 1. The minimum Gasteiger partial charge on any atom is -0.351 e. The second-order valence-corrected chi connectivity index (χ2v) is 4.17. The van der Waals surface area contributed by atoms with Crippen LogP contribution >= 0.6 is 11.6 Å². The van der Waals surface area contributed by atoms with Crippen LogP contribution in [0.4, 0.5) is 5.69 Å². The van der Waals surface area contributed by atoms with Crippen molar-refractivity contribution >= 4 is 23.2 Å². The smallest absolute Gasteiger partial charge is 0.270 e. The molecule has 9 heteroatoms. The third-order valence-electron chi connectivity index (χ3n) is 2.44. The third kappa shape index (κ3) is 3.29. The first-order valence-corrected chi connectivity index (χ1v) is 5.93. The van der Waals surface area contributed by atoms with Crippen molar-refractivity contribution < 1.29 is 14.2 Å². The number of aromatic nitrogens is 2. The third-order valence-corrected chi connectivity index (χ3v) is 2.75. The maximum atomic E-state index is 11.8. The second kappa shape index (κ2) is 6.11. The molecule has 1 aromatic carbocycles. The molecule has 0 fully saturated rings. The Balaban J connectivity index is 1.97. The van der Waals surface area contributed by atoms with Gasteiger partial charge in [0, 0.05) is 25.1 Å². The van der Waals surface area contributed by atoms with E-state index < -0.39 is 10.8 Å². The number of nitro benzene ring substituents is 1. The number of carbonyl (C=O) groups excluding carboxylic acids is 1. The van der Waals surface area contributed by atoms with E-state index in [0.29, 0.717) is 12.3 Å². The van der Waals surface area contributed by atoms with E-state index >= 15 is 0 Å². The number of non-ortho nitro benzene ring substituents is 1. The molecular weight excluding hydrogens is 288 g/mol. The van der Waals surface area contributed by atoms with Crippen molar-refractivity contribution in [2.45, 2.75) is 6.42 Å². The van der Waals surface area contributed by atoms with Gasteiger partial charge in [0.2, 0.25) is 5.89 Å². The maximum Gasteiger partial charge on any atom is 0.270 e. The van der Waals surface area contributed by atoms with Crippen LogP contribution in [0.15, 0.2) is 29.0 Å². The zero-order valence-corrected chi connectivity index (χ0v) is 10.8. The highest BCUT2D eigenvalue weighted by Crippen LogP contribution is 2.22. The molecule has 104 valence electrons. The SMILES string of the molecule is O=C(NCCc1ncno1)c1ccc([N+](=O)[O-])cc1Cl. The summed E-state index contributed by atoms with van der Waals surface area (Å²) in [4.78, 5) is 25.6. The van der Waals surface area contributed by atoms with E-state index in [1.54, 1.807) is 0 Å². The lowest BCUT2D eigenvalue weighted by Crippen LogP contribution is -2.26. The number of halogens is 1. The number of benzene rings is 1. The highest BCUT2D eigenvalue weighted by atomic mass is 35.5. The van der Waals surface area contributed by atoms with Crippen molar-refractivity contribution in [2.75, 3.05) is 6.54 Å². The van der Waals surface area contributed by atoms with Gasteiger partial charge < -0.3 is 9.84 Å². The van der Waals surface area contributed by atoms with E-state index in [1.165, 1.54) is 18.5 Å². The largest absolute Gasteiger partial charge is 0.351 e. The summed E-state index contributed by atoms with van der Waals surface area (Å²) in [6.07, 6.45) is 1.65. The summed E-state index contributed by atoms with van der Waals surface area (Å²) in [7, 11) is 0. The summed E-state index contributed by atoms with van der Waals surface area (Å²) < 4.78 is 4.77. The minimum absolute atomic E-state index is 0.0227. The Morgan fingerprint density at radius 1 is 1.50 bits per heavy atom. The molecule has 0 spiro atoms. The van der Waals surface area contributed by atoms with E-state index in [9.17, 15) is 14.9 Å². The lowest BCUT2D eigenvalue weighted by molar-refractivity contribution is -0.384. The van der Waals surface area contributed by atoms with E-state index in [0.717, 1.165) is 6.07 Å². The van der Waals surface area contributed by atoms with Crippen LogP contribution in [0.3, 0.4) is 0 Å². The topological polar surface area (TPSA) is 111 Å². The van der Waals surface area contributed by atoms with Gasteiger partial charge in [-0.3, -0.25) is 14.9 Å². The molecule has 0 atom stereocenters. The number of nitrogens with one attached hydrogen (secondary N) is 1. The molecule has 0 aliphatic rings.